The summed E-state index contributed by atoms with van der Waals surface area (Å²) in [7, 11) is 0. The van der Waals surface area contributed by atoms with Gasteiger partial charge in [-0.3, -0.25) is 14.5 Å². The minimum Gasteiger partial charge on any atom is -0.508 e. The molecule has 1 aromatic carbocycles. The van der Waals surface area contributed by atoms with Crippen LogP contribution in [-0.4, -0.2) is 44.7 Å². The summed E-state index contributed by atoms with van der Waals surface area (Å²) in [6.45, 7) is 4.07. The number of aliphatic hydroxyl groups excluding tert-OH is 2. The first-order valence-electron chi connectivity index (χ1n) is 12.7. The molecule has 1 aliphatic heterocycles. The number of imide groups is 1. The fraction of sp³-hybridized carbons (Fsp3) is 0.448. The zero-order chi connectivity index (χ0) is 25.8. The van der Waals surface area contributed by atoms with E-state index in [1.807, 2.05) is 36.6 Å². The number of thiophene rings is 1. The van der Waals surface area contributed by atoms with Crippen molar-refractivity contribution in [3.8, 4) is 5.75 Å². The lowest BCUT2D eigenvalue weighted by molar-refractivity contribution is -0.140. The van der Waals surface area contributed by atoms with Crippen molar-refractivity contribution < 1.29 is 24.9 Å². The number of phenols is 1. The van der Waals surface area contributed by atoms with Crippen LogP contribution in [0.25, 0.3) is 6.08 Å². The zero-order valence-corrected chi connectivity index (χ0v) is 21.7. The number of fused-ring (bicyclic) bond motifs is 1. The number of rotatable bonds is 10. The van der Waals surface area contributed by atoms with Crippen LogP contribution in [0, 0.1) is 17.8 Å². The van der Waals surface area contributed by atoms with Gasteiger partial charge in [0.05, 0.1) is 31.1 Å². The monoisotopic (exact) mass is 509 g/mol. The van der Waals surface area contributed by atoms with Crippen LogP contribution in [0.4, 0.5) is 0 Å². The number of hydrogen-bond acceptors (Lipinski definition) is 6. The van der Waals surface area contributed by atoms with Crippen molar-refractivity contribution in [1.82, 2.24) is 4.90 Å². The van der Waals surface area contributed by atoms with Crippen molar-refractivity contribution in [2.24, 2.45) is 17.8 Å². The lowest BCUT2D eigenvalue weighted by Gasteiger charge is -2.36. The third-order valence-corrected chi connectivity index (χ3v) is 8.47. The van der Waals surface area contributed by atoms with E-state index in [0.29, 0.717) is 25.7 Å². The predicted octanol–water partition coefficient (Wildman–Crippen LogP) is 4.91. The smallest absolute Gasteiger partial charge is 0.234 e. The molecule has 0 unspecified atom stereocenters. The normalized spacial score (nSPS) is 23.4. The molecule has 192 valence electrons. The largest absolute Gasteiger partial charge is 0.508 e. The van der Waals surface area contributed by atoms with Gasteiger partial charge >= 0.3 is 0 Å². The molecule has 0 spiro atoms. The van der Waals surface area contributed by atoms with Crippen molar-refractivity contribution in [1.29, 1.82) is 0 Å². The summed E-state index contributed by atoms with van der Waals surface area (Å²) in [6.07, 6.45) is 4.38. The van der Waals surface area contributed by atoms with Crippen molar-refractivity contribution in [3.63, 3.8) is 0 Å². The second-order valence-electron chi connectivity index (χ2n) is 9.68. The van der Waals surface area contributed by atoms with Crippen LogP contribution in [0.15, 0.2) is 58.5 Å². The number of allylic oxidation sites excluding steroid dienone is 2. The number of nitrogens with zero attached hydrogens (tertiary/aromatic N) is 1. The molecule has 36 heavy (non-hydrogen) atoms. The van der Waals surface area contributed by atoms with E-state index in [2.05, 4.69) is 13.0 Å². The molecule has 1 aliphatic carbocycles. The number of phenolic OH excluding ortho intramolecular Hbond substituents is 1. The second kappa shape index (κ2) is 11.5. The third-order valence-electron chi connectivity index (χ3n) is 7.61. The van der Waals surface area contributed by atoms with Crippen molar-refractivity contribution in [2.45, 2.75) is 58.6 Å². The van der Waals surface area contributed by atoms with Crippen LogP contribution >= 0.6 is 11.3 Å². The molecule has 2 aliphatic rings. The highest BCUT2D eigenvalue weighted by Gasteiger charge is 2.54. The van der Waals surface area contributed by atoms with Crippen molar-refractivity contribution in [3.05, 3.63) is 68.9 Å². The summed E-state index contributed by atoms with van der Waals surface area (Å²) in [5.74, 6) is -1.83. The van der Waals surface area contributed by atoms with Gasteiger partial charge in [-0.2, -0.15) is 0 Å². The quantitative estimate of drug-likeness (QED) is 0.312. The van der Waals surface area contributed by atoms with Gasteiger partial charge in [0.2, 0.25) is 11.8 Å². The maximum absolute atomic E-state index is 13.4. The molecule has 1 saturated heterocycles. The summed E-state index contributed by atoms with van der Waals surface area (Å²) in [6, 6.07) is 10.8. The van der Waals surface area contributed by atoms with Gasteiger partial charge in [0.15, 0.2) is 0 Å². The molecular formula is C29H35NO5S. The Morgan fingerprint density at radius 3 is 2.53 bits per heavy atom. The number of amides is 2. The fourth-order valence-corrected chi connectivity index (χ4v) is 6.41. The number of aromatic hydroxyl groups is 1. The Labute approximate surface area is 216 Å². The standard InChI is InChI=1S/C29H35NO5S/c1-3-18(14-19-7-10-21(32)11-8-19)9-12-25(33)26-20(4-2)15-23-27(24(26)17-31)29(35)30(28(23)34)16-22-6-5-13-36-22/h5-8,10-11,13-14,23-25,27,31-33H,3-4,9,12,15-17H2,1-2H3/b18-14+/t23-,24+,25-,27-/m1/s1. The fourth-order valence-electron chi connectivity index (χ4n) is 5.71. The number of carbonyl (C=O) groups is 2. The van der Waals surface area contributed by atoms with E-state index in [9.17, 15) is 24.9 Å². The van der Waals surface area contributed by atoms with Gasteiger partial charge in [-0.05, 0) is 66.8 Å². The Bertz CT molecular complexity index is 1130. The topological polar surface area (TPSA) is 98.1 Å². The van der Waals surface area contributed by atoms with Gasteiger partial charge in [-0.15, -0.1) is 11.3 Å². The molecular weight excluding hydrogens is 474 g/mol. The van der Waals surface area contributed by atoms with Crippen LogP contribution in [-0.2, 0) is 16.1 Å². The van der Waals surface area contributed by atoms with Crippen LogP contribution in [0.1, 0.15) is 56.4 Å². The highest BCUT2D eigenvalue weighted by atomic mass is 32.1. The maximum Gasteiger partial charge on any atom is 0.234 e. The molecule has 0 bridgehead atoms. The molecule has 4 rings (SSSR count). The number of benzene rings is 1. The lowest BCUT2D eigenvalue weighted by atomic mass is 9.67. The number of aliphatic hydroxyl groups is 2. The highest BCUT2D eigenvalue weighted by Crippen LogP contribution is 2.47. The lowest BCUT2D eigenvalue weighted by Crippen LogP contribution is -2.39. The van der Waals surface area contributed by atoms with Gasteiger partial charge in [0.25, 0.3) is 0 Å². The highest BCUT2D eigenvalue weighted by molar-refractivity contribution is 7.09. The van der Waals surface area contributed by atoms with E-state index in [1.54, 1.807) is 12.1 Å². The molecule has 2 aromatic rings. The zero-order valence-electron chi connectivity index (χ0n) is 20.9. The average molecular weight is 510 g/mol. The first-order chi connectivity index (χ1) is 17.4. The molecule has 6 nitrogen and oxygen atoms in total. The van der Waals surface area contributed by atoms with Gasteiger partial charge in [-0.1, -0.05) is 49.3 Å². The van der Waals surface area contributed by atoms with Crippen LogP contribution in [0.3, 0.4) is 0 Å². The molecule has 3 N–H and O–H groups in total. The first-order valence-corrected chi connectivity index (χ1v) is 13.6. The Balaban J connectivity index is 1.53. The molecule has 7 heteroatoms. The van der Waals surface area contributed by atoms with E-state index in [-0.39, 0.29) is 30.7 Å². The van der Waals surface area contributed by atoms with E-state index >= 15 is 0 Å². The van der Waals surface area contributed by atoms with Gasteiger partial charge < -0.3 is 15.3 Å². The summed E-state index contributed by atoms with van der Waals surface area (Å²) >= 11 is 1.51. The van der Waals surface area contributed by atoms with Crippen LogP contribution in [0.2, 0.25) is 0 Å². The first kappa shape index (κ1) is 26.3. The Morgan fingerprint density at radius 2 is 1.92 bits per heavy atom. The summed E-state index contributed by atoms with van der Waals surface area (Å²) in [4.78, 5) is 29.0. The van der Waals surface area contributed by atoms with E-state index in [4.69, 9.17) is 0 Å². The Morgan fingerprint density at radius 1 is 1.17 bits per heavy atom. The average Bonchev–Trinajstić information content (AvgIpc) is 3.49. The number of likely N-dealkylation sites (tertiary alicyclic amines) is 1. The number of carbonyl (C=O) groups excluding carboxylic acids is 2. The van der Waals surface area contributed by atoms with E-state index < -0.39 is 23.9 Å². The van der Waals surface area contributed by atoms with E-state index in [1.165, 1.54) is 21.8 Å². The van der Waals surface area contributed by atoms with E-state index in [0.717, 1.165) is 28.0 Å². The summed E-state index contributed by atoms with van der Waals surface area (Å²) in [5.41, 5.74) is 3.90. The predicted molar refractivity (Wildman–Crippen MR) is 141 cm³/mol. The molecule has 0 saturated carbocycles. The molecule has 1 aromatic heterocycles. The summed E-state index contributed by atoms with van der Waals surface area (Å²) in [5, 5.41) is 33.2. The minimum absolute atomic E-state index is 0.165. The van der Waals surface area contributed by atoms with Gasteiger partial charge in [-0.25, -0.2) is 0 Å². The second-order valence-corrected chi connectivity index (χ2v) is 10.7. The molecule has 0 radical (unpaired) electrons. The molecule has 2 amide bonds. The molecule has 4 atom stereocenters. The van der Waals surface area contributed by atoms with Crippen LogP contribution in [0.5, 0.6) is 5.75 Å². The number of hydrogen-bond donors (Lipinski definition) is 3. The van der Waals surface area contributed by atoms with Crippen LogP contribution < -0.4 is 0 Å². The Kier molecular flexibility index (Phi) is 8.44. The SMILES string of the molecule is CCC1=C([C@H](O)CC/C(=C/c2ccc(O)cc2)CC)[C@H](CO)[C@@H]2C(=O)N(Cc3cccs3)C(=O)[C@@H]2C1. The molecule has 1 fully saturated rings. The summed E-state index contributed by atoms with van der Waals surface area (Å²) < 4.78 is 0. The van der Waals surface area contributed by atoms with Crippen molar-refractivity contribution >= 4 is 29.2 Å². The maximum atomic E-state index is 13.4. The van der Waals surface area contributed by atoms with Gasteiger partial charge in [0.1, 0.15) is 5.75 Å². The van der Waals surface area contributed by atoms with Crippen molar-refractivity contribution in [2.75, 3.05) is 6.61 Å². The molecule has 2 heterocycles. The Hall–Kier alpha value is -2.74. The van der Waals surface area contributed by atoms with Gasteiger partial charge in [0, 0.05) is 10.8 Å². The minimum atomic E-state index is -0.790. The third kappa shape index (κ3) is 5.33.